The Bertz CT molecular complexity index is 825. The molecule has 0 unspecified atom stereocenters. The van der Waals surface area contributed by atoms with Crippen molar-refractivity contribution in [2.75, 3.05) is 19.6 Å². The van der Waals surface area contributed by atoms with Crippen LogP contribution in [0.25, 0.3) is 0 Å². The van der Waals surface area contributed by atoms with E-state index in [9.17, 15) is 14.0 Å². The molecule has 6 nitrogen and oxygen atoms in total. The van der Waals surface area contributed by atoms with E-state index in [4.69, 9.17) is 0 Å². The van der Waals surface area contributed by atoms with Gasteiger partial charge in [-0.2, -0.15) is 0 Å². The van der Waals surface area contributed by atoms with Gasteiger partial charge in [0.1, 0.15) is 11.6 Å². The van der Waals surface area contributed by atoms with Crippen LogP contribution < -0.4 is 5.32 Å². The molecule has 1 fully saturated rings. The Morgan fingerprint density at radius 2 is 1.96 bits per heavy atom. The van der Waals surface area contributed by atoms with Crippen molar-refractivity contribution >= 4 is 11.8 Å². The normalized spacial score (nSPS) is 15.1. The van der Waals surface area contributed by atoms with Crippen LogP contribution in [-0.2, 0) is 4.79 Å². The largest absolute Gasteiger partial charge is 0.351 e. The molecular weight excluding hydrogens is 359 g/mol. The van der Waals surface area contributed by atoms with Gasteiger partial charge in [0.2, 0.25) is 5.91 Å². The average molecular weight is 386 g/mol. The third-order valence-electron chi connectivity index (χ3n) is 5.21. The fourth-order valence-corrected chi connectivity index (χ4v) is 3.65. The van der Waals surface area contributed by atoms with Crippen molar-refractivity contribution in [3.8, 4) is 0 Å². The van der Waals surface area contributed by atoms with E-state index < -0.39 is 11.7 Å². The maximum absolute atomic E-state index is 13.6. The van der Waals surface area contributed by atoms with Gasteiger partial charge < -0.3 is 14.8 Å². The molecular formula is C21H27FN4O2. The minimum absolute atomic E-state index is 0.00332. The number of likely N-dealkylation sites (tertiary alicyclic amines) is 1. The smallest absolute Gasteiger partial charge is 0.254 e. The number of piperidine rings is 1. The molecule has 28 heavy (non-hydrogen) atoms. The summed E-state index contributed by atoms with van der Waals surface area (Å²) in [5.74, 6) is 0.416. The van der Waals surface area contributed by atoms with Crippen LogP contribution in [0.5, 0.6) is 0 Å². The molecule has 0 aliphatic carbocycles. The van der Waals surface area contributed by atoms with Crippen LogP contribution in [0.3, 0.4) is 0 Å². The summed E-state index contributed by atoms with van der Waals surface area (Å²) >= 11 is 0. The molecule has 7 heteroatoms. The summed E-state index contributed by atoms with van der Waals surface area (Å²) in [5, 5.41) is 2.62. The maximum atomic E-state index is 13.6. The number of rotatable bonds is 6. The van der Waals surface area contributed by atoms with Gasteiger partial charge in [0.15, 0.2) is 0 Å². The highest BCUT2D eigenvalue weighted by molar-refractivity contribution is 5.94. The molecule has 1 aliphatic heterocycles. The zero-order chi connectivity index (χ0) is 20.1. The number of benzene rings is 1. The van der Waals surface area contributed by atoms with Crippen molar-refractivity contribution in [2.45, 2.75) is 45.1 Å². The topological polar surface area (TPSA) is 67.2 Å². The Morgan fingerprint density at radius 1 is 1.25 bits per heavy atom. The Kier molecular flexibility index (Phi) is 6.44. The van der Waals surface area contributed by atoms with Crippen LogP contribution in [0.1, 0.15) is 61.3 Å². The Balaban J connectivity index is 1.45. The van der Waals surface area contributed by atoms with Crippen molar-refractivity contribution in [3.63, 3.8) is 0 Å². The molecule has 0 spiro atoms. The molecule has 0 bridgehead atoms. The standard InChI is InChI=1S/C21H27FN4O2/c1-15(2)26-14-11-23-20(26)16-8-12-25(13-9-16)19(27)7-10-24-21(28)17-5-3-4-6-18(17)22/h3-6,11,14-16H,7-10,12-13H2,1-2H3,(H,24,28). The van der Waals surface area contributed by atoms with Crippen molar-refractivity contribution in [1.82, 2.24) is 19.8 Å². The molecule has 150 valence electrons. The van der Waals surface area contributed by atoms with Gasteiger partial charge in [-0.25, -0.2) is 9.37 Å². The van der Waals surface area contributed by atoms with E-state index in [-0.39, 0.29) is 24.4 Å². The zero-order valence-corrected chi connectivity index (χ0v) is 16.4. The van der Waals surface area contributed by atoms with Crippen molar-refractivity contribution in [1.29, 1.82) is 0 Å². The second-order valence-corrected chi connectivity index (χ2v) is 7.43. The monoisotopic (exact) mass is 386 g/mol. The number of hydrogen-bond acceptors (Lipinski definition) is 3. The molecule has 2 heterocycles. The first-order valence-electron chi connectivity index (χ1n) is 9.80. The van der Waals surface area contributed by atoms with Crippen molar-refractivity contribution < 1.29 is 14.0 Å². The SMILES string of the molecule is CC(C)n1ccnc1C1CCN(C(=O)CCNC(=O)c2ccccc2F)CC1. The number of nitrogens with one attached hydrogen (secondary N) is 1. The van der Waals surface area contributed by atoms with Crippen LogP contribution in [0.4, 0.5) is 4.39 Å². The Hall–Kier alpha value is -2.70. The first-order chi connectivity index (χ1) is 13.5. The van der Waals surface area contributed by atoms with Gasteiger partial charge in [-0.15, -0.1) is 0 Å². The number of halogens is 1. The zero-order valence-electron chi connectivity index (χ0n) is 16.4. The highest BCUT2D eigenvalue weighted by atomic mass is 19.1. The summed E-state index contributed by atoms with van der Waals surface area (Å²) in [7, 11) is 0. The molecule has 0 radical (unpaired) electrons. The second-order valence-electron chi connectivity index (χ2n) is 7.43. The lowest BCUT2D eigenvalue weighted by Crippen LogP contribution is -2.40. The van der Waals surface area contributed by atoms with Gasteiger partial charge in [-0.3, -0.25) is 9.59 Å². The summed E-state index contributed by atoms with van der Waals surface area (Å²) < 4.78 is 15.8. The third kappa shape index (κ3) is 4.58. The number of carbonyl (C=O) groups excluding carboxylic acids is 2. The first kappa shape index (κ1) is 20.0. The van der Waals surface area contributed by atoms with Crippen LogP contribution in [0, 0.1) is 5.82 Å². The quantitative estimate of drug-likeness (QED) is 0.829. The molecule has 3 rings (SSSR count). The summed E-state index contributed by atoms with van der Waals surface area (Å²) in [5.41, 5.74) is -0.00332. The number of carbonyl (C=O) groups is 2. The number of imidazole rings is 1. The van der Waals surface area contributed by atoms with Crippen molar-refractivity contribution in [2.24, 2.45) is 0 Å². The molecule has 1 saturated heterocycles. The van der Waals surface area contributed by atoms with E-state index in [1.54, 1.807) is 6.07 Å². The van der Waals surface area contributed by atoms with E-state index in [1.807, 2.05) is 17.3 Å². The number of aromatic nitrogens is 2. The second kappa shape index (κ2) is 8.99. The number of amides is 2. The first-order valence-corrected chi connectivity index (χ1v) is 9.80. The maximum Gasteiger partial charge on any atom is 0.254 e. The fraction of sp³-hybridized carbons (Fsp3) is 0.476. The predicted molar refractivity (Wildman–Crippen MR) is 105 cm³/mol. The fourth-order valence-electron chi connectivity index (χ4n) is 3.65. The van der Waals surface area contributed by atoms with E-state index >= 15 is 0 Å². The summed E-state index contributed by atoms with van der Waals surface area (Å²) in [6, 6.07) is 6.19. The lowest BCUT2D eigenvalue weighted by Gasteiger charge is -2.32. The van der Waals surface area contributed by atoms with Gasteiger partial charge in [0.05, 0.1) is 5.56 Å². The molecule has 2 amide bonds. The van der Waals surface area contributed by atoms with Gasteiger partial charge >= 0.3 is 0 Å². The van der Waals surface area contributed by atoms with E-state index in [1.165, 1.54) is 18.2 Å². The lowest BCUT2D eigenvalue weighted by molar-refractivity contribution is -0.132. The van der Waals surface area contributed by atoms with Crippen LogP contribution >= 0.6 is 0 Å². The van der Waals surface area contributed by atoms with E-state index in [2.05, 4.69) is 28.7 Å². The molecule has 0 saturated carbocycles. The molecule has 1 aromatic carbocycles. The molecule has 0 atom stereocenters. The van der Waals surface area contributed by atoms with Gasteiger partial charge in [0.25, 0.3) is 5.91 Å². The third-order valence-corrected chi connectivity index (χ3v) is 5.21. The summed E-state index contributed by atoms with van der Waals surface area (Å²) in [6.45, 7) is 5.86. The van der Waals surface area contributed by atoms with Crippen LogP contribution in [0.15, 0.2) is 36.7 Å². The summed E-state index contributed by atoms with van der Waals surface area (Å²) in [6.07, 6.45) is 5.83. The minimum Gasteiger partial charge on any atom is -0.351 e. The highest BCUT2D eigenvalue weighted by Gasteiger charge is 2.26. The van der Waals surface area contributed by atoms with Gasteiger partial charge in [-0.1, -0.05) is 12.1 Å². The van der Waals surface area contributed by atoms with Gasteiger partial charge in [0, 0.05) is 50.4 Å². The Morgan fingerprint density at radius 3 is 2.64 bits per heavy atom. The van der Waals surface area contributed by atoms with E-state index in [0.29, 0.717) is 25.0 Å². The molecule has 1 aliphatic rings. The lowest BCUT2D eigenvalue weighted by atomic mass is 9.95. The predicted octanol–water partition coefficient (Wildman–Crippen LogP) is 3.13. The molecule has 2 aromatic rings. The number of nitrogens with zero attached hydrogens (tertiary/aromatic N) is 3. The van der Waals surface area contributed by atoms with Gasteiger partial charge in [-0.05, 0) is 38.8 Å². The van der Waals surface area contributed by atoms with E-state index in [0.717, 1.165) is 18.7 Å². The average Bonchev–Trinajstić information content (AvgIpc) is 3.18. The molecule has 1 aromatic heterocycles. The molecule has 1 N–H and O–H groups in total. The Labute approximate surface area is 164 Å². The summed E-state index contributed by atoms with van der Waals surface area (Å²) in [4.78, 5) is 30.8. The van der Waals surface area contributed by atoms with Crippen molar-refractivity contribution in [3.05, 3.63) is 53.9 Å². The van der Waals surface area contributed by atoms with Crippen LogP contribution in [0.2, 0.25) is 0 Å². The number of hydrogen-bond donors (Lipinski definition) is 1. The van der Waals surface area contributed by atoms with Crippen LogP contribution in [-0.4, -0.2) is 45.9 Å². The minimum atomic E-state index is -0.562. The highest BCUT2D eigenvalue weighted by Crippen LogP contribution is 2.28.